The molecule has 3 amide bonds. The van der Waals surface area contributed by atoms with Crippen LogP contribution in [-0.2, 0) is 22.7 Å². The molecule has 0 radical (unpaired) electrons. The van der Waals surface area contributed by atoms with Crippen molar-refractivity contribution in [2.24, 2.45) is 0 Å². The Hall–Kier alpha value is -4.21. The summed E-state index contributed by atoms with van der Waals surface area (Å²) in [5, 5.41) is 19.9. The molecular weight excluding hydrogens is 414 g/mol. The summed E-state index contributed by atoms with van der Waals surface area (Å²) in [6.07, 6.45) is 2.23. The molecule has 162 valence electrons. The highest BCUT2D eigenvalue weighted by Gasteiger charge is 2.40. The molecule has 1 unspecified atom stereocenters. The van der Waals surface area contributed by atoms with Gasteiger partial charge in [-0.05, 0) is 42.8 Å². The second kappa shape index (κ2) is 7.80. The Morgan fingerprint density at radius 1 is 1.12 bits per heavy atom. The van der Waals surface area contributed by atoms with Gasteiger partial charge in [0.15, 0.2) is 0 Å². The van der Waals surface area contributed by atoms with Crippen LogP contribution in [0.15, 0.2) is 48.7 Å². The highest BCUT2D eigenvalue weighted by atomic mass is 16.5. The Kier molecular flexibility index (Phi) is 4.81. The van der Waals surface area contributed by atoms with Crippen LogP contribution < -0.4 is 10.1 Å². The van der Waals surface area contributed by atoms with Crippen LogP contribution in [-0.4, -0.2) is 48.8 Å². The molecule has 2 aliphatic heterocycles. The average molecular weight is 433 g/mol. The van der Waals surface area contributed by atoms with Crippen LogP contribution in [0.1, 0.15) is 34.5 Å². The Bertz CT molecular complexity index is 1220. The van der Waals surface area contributed by atoms with Crippen molar-refractivity contribution in [3.8, 4) is 17.2 Å². The Labute approximate surface area is 182 Å². The van der Waals surface area contributed by atoms with E-state index < -0.39 is 11.9 Å². The van der Waals surface area contributed by atoms with Crippen molar-refractivity contribution in [3.05, 3.63) is 65.5 Å². The molecule has 2 aliphatic rings. The molecule has 0 saturated carbocycles. The van der Waals surface area contributed by atoms with E-state index >= 15 is 0 Å². The van der Waals surface area contributed by atoms with Crippen LogP contribution in [0.25, 0.3) is 5.69 Å². The molecule has 10 nitrogen and oxygen atoms in total. The number of fused-ring (bicyclic) bond motifs is 1. The fourth-order valence-corrected chi connectivity index (χ4v) is 3.94. The van der Waals surface area contributed by atoms with Gasteiger partial charge in [-0.3, -0.25) is 19.7 Å². The van der Waals surface area contributed by atoms with Crippen LogP contribution in [0.4, 0.5) is 0 Å². The number of nitrogens with one attached hydrogen (secondary N) is 1. The molecule has 1 atom stereocenters. The van der Waals surface area contributed by atoms with Crippen LogP contribution in [0.5, 0.6) is 11.5 Å². The molecule has 5 rings (SSSR count). The second-order valence-corrected chi connectivity index (χ2v) is 7.64. The summed E-state index contributed by atoms with van der Waals surface area (Å²) in [6.45, 7) is 0.373. The highest BCUT2D eigenvalue weighted by molar-refractivity contribution is 6.05. The monoisotopic (exact) mass is 433 g/mol. The number of ether oxygens (including phenoxy) is 1. The summed E-state index contributed by atoms with van der Waals surface area (Å²) in [6, 6.07) is 11.1. The maximum atomic E-state index is 12.9. The number of nitrogens with zero attached hydrogens (tertiary/aromatic N) is 4. The predicted octanol–water partition coefficient (Wildman–Crippen LogP) is 1.31. The molecule has 1 fully saturated rings. The molecule has 3 heterocycles. The van der Waals surface area contributed by atoms with Gasteiger partial charge in [0.25, 0.3) is 5.91 Å². The zero-order valence-electron chi connectivity index (χ0n) is 16.9. The zero-order valence-corrected chi connectivity index (χ0v) is 16.9. The van der Waals surface area contributed by atoms with Crippen molar-refractivity contribution in [1.29, 1.82) is 0 Å². The summed E-state index contributed by atoms with van der Waals surface area (Å²) in [5.41, 5.74) is 2.52. The first-order valence-electron chi connectivity index (χ1n) is 10.1. The molecular formula is C22H19N5O5. The smallest absolute Gasteiger partial charge is 0.255 e. The normalized spacial score (nSPS) is 17.9. The van der Waals surface area contributed by atoms with E-state index in [-0.39, 0.29) is 37.1 Å². The maximum Gasteiger partial charge on any atom is 0.255 e. The molecule has 10 heteroatoms. The molecule has 1 aromatic heterocycles. The van der Waals surface area contributed by atoms with E-state index in [2.05, 4.69) is 15.6 Å². The van der Waals surface area contributed by atoms with Gasteiger partial charge in [0.1, 0.15) is 29.8 Å². The van der Waals surface area contributed by atoms with Crippen molar-refractivity contribution in [3.63, 3.8) is 0 Å². The summed E-state index contributed by atoms with van der Waals surface area (Å²) in [5.74, 6) is -0.324. The van der Waals surface area contributed by atoms with Gasteiger partial charge in [0, 0.05) is 17.5 Å². The molecule has 0 spiro atoms. The molecule has 2 N–H and O–H groups in total. The number of hydrogen-bond donors (Lipinski definition) is 2. The standard InChI is InChI=1S/C22H19N5O5/c28-15-6-4-14(5-7-15)27-10-13(24-25-27)12-32-19-3-1-2-16-17(19)11-26(22(16)31)18-8-9-20(29)23-21(18)30/h1-7,10,18,28H,8-9,11-12H2,(H,23,29,30). The zero-order chi connectivity index (χ0) is 22.2. The average Bonchev–Trinajstić information content (AvgIpc) is 3.38. The van der Waals surface area contributed by atoms with Crippen LogP contribution in [0, 0.1) is 0 Å². The first-order valence-corrected chi connectivity index (χ1v) is 10.1. The minimum absolute atomic E-state index is 0.140. The Morgan fingerprint density at radius 3 is 2.72 bits per heavy atom. The van der Waals surface area contributed by atoms with Gasteiger partial charge in [-0.25, -0.2) is 4.68 Å². The van der Waals surface area contributed by atoms with Gasteiger partial charge < -0.3 is 14.7 Å². The fourth-order valence-electron chi connectivity index (χ4n) is 3.94. The topological polar surface area (TPSA) is 127 Å². The first-order chi connectivity index (χ1) is 15.5. The number of rotatable bonds is 5. The lowest BCUT2D eigenvalue weighted by Crippen LogP contribution is -2.52. The number of aromatic hydroxyl groups is 1. The Balaban J connectivity index is 1.31. The van der Waals surface area contributed by atoms with Gasteiger partial charge in [-0.2, -0.15) is 0 Å². The number of piperidine rings is 1. The Morgan fingerprint density at radius 2 is 1.94 bits per heavy atom. The van der Waals surface area contributed by atoms with Gasteiger partial charge >= 0.3 is 0 Å². The van der Waals surface area contributed by atoms with Gasteiger partial charge in [0.2, 0.25) is 11.8 Å². The van der Waals surface area contributed by atoms with Crippen molar-refractivity contribution >= 4 is 17.7 Å². The summed E-state index contributed by atoms with van der Waals surface area (Å²) in [7, 11) is 0. The third-order valence-corrected chi connectivity index (χ3v) is 5.57. The van der Waals surface area contributed by atoms with Crippen LogP contribution in [0.2, 0.25) is 0 Å². The molecule has 2 aromatic carbocycles. The molecule has 1 saturated heterocycles. The lowest BCUT2D eigenvalue weighted by atomic mass is 10.0. The number of phenolic OH excluding ortho intramolecular Hbond substituents is 1. The maximum absolute atomic E-state index is 12.9. The SMILES string of the molecule is O=C1CCC(N2Cc3c(OCc4cn(-c5ccc(O)cc5)nn4)cccc3C2=O)C(=O)N1. The third kappa shape index (κ3) is 3.55. The number of carbonyl (C=O) groups excluding carboxylic acids is 3. The summed E-state index contributed by atoms with van der Waals surface area (Å²) < 4.78 is 7.51. The van der Waals surface area contributed by atoms with E-state index in [9.17, 15) is 19.5 Å². The predicted molar refractivity (Wildman–Crippen MR) is 110 cm³/mol. The van der Waals surface area contributed by atoms with Crippen molar-refractivity contribution in [2.45, 2.75) is 32.0 Å². The van der Waals surface area contributed by atoms with E-state index in [0.717, 1.165) is 5.69 Å². The summed E-state index contributed by atoms with van der Waals surface area (Å²) >= 11 is 0. The molecule has 0 bridgehead atoms. The summed E-state index contributed by atoms with van der Waals surface area (Å²) in [4.78, 5) is 38.1. The lowest BCUT2D eigenvalue weighted by Gasteiger charge is -2.29. The number of carbonyl (C=O) groups is 3. The van der Waals surface area contributed by atoms with E-state index in [1.807, 2.05) is 0 Å². The minimum Gasteiger partial charge on any atom is -0.508 e. The van der Waals surface area contributed by atoms with E-state index in [0.29, 0.717) is 29.0 Å². The third-order valence-electron chi connectivity index (χ3n) is 5.57. The van der Waals surface area contributed by atoms with Crippen LogP contribution >= 0.6 is 0 Å². The lowest BCUT2D eigenvalue weighted by molar-refractivity contribution is -0.136. The fraction of sp³-hybridized carbons (Fsp3) is 0.227. The minimum atomic E-state index is -0.675. The number of hydrogen-bond acceptors (Lipinski definition) is 7. The molecule has 0 aliphatic carbocycles. The van der Waals surface area contributed by atoms with Crippen molar-refractivity contribution in [2.75, 3.05) is 0 Å². The second-order valence-electron chi connectivity index (χ2n) is 7.64. The number of benzene rings is 2. The highest BCUT2D eigenvalue weighted by Crippen LogP contribution is 2.33. The quantitative estimate of drug-likeness (QED) is 0.581. The van der Waals surface area contributed by atoms with Crippen molar-refractivity contribution < 1.29 is 24.2 Å². The van der Waals surface area contributed by atoms with E-state index in [1.165, 1.54) is 4.90 Å². The number of imide groups is 1. The molecule has 32 heavy (non-hydrogen) atoms. The first kappa shape index (κ1) is 19.7. The molecule has 3 aromatic rings. The van der Waals surface area contributed by atoms with E-state index in [4.69, 9.17) is 4.74 Å². The van der Waals surface area contributed by atoms with Gasteiger partial charge in [-0.1, -0.05) is 11.3 Å². The number of amides is 3. The largest absolute Gasteiger partial charge is 0.508 e. The number of aromatic nitrogens is 3. The van der Waals surface area contributed by atoms with Crippen molar-refractivity contribution in [1.82, 2.24) is 25.2 Å². The van der Waals surface area contributed by atoms with Crippen LogP contribution in [0.3, 0.4) is 0 Å². The van der Waals surface area contributed by atoms with Gasteiger partial charge in [-0.15, -0.1) is 5.10 Å². The van der Waals surface area contributed by atoms with Gasteiger partial charge in [0.05, 0.1) is 18.4 Å². The number of phenols is 1. The van der Waals surface area contributed by atoms with E-state index in [1.54, 1.807) is 53.3 Å².